The van der Waals surface area contributed by atoms with Gasteiger partial charge in [0.15, 0.2) is 11.7 Å². The van der Waals surface area contributed by atoms with Crippen LogP contribution < -0.4 is 5.32 Å². The molecule has 0 spiro atoms. The maximum atomic E-state index is 14.1. The number of hydrogen-bond donors (Lipinski definition) is 1. The molecule has 0 bridgehead atoms. The SMILES string of the molecule is COC(=O)C1=C(C)NC(c2ncccc2F)=N[C@@H]1c1ccc(F)cc1Cl. The van der Waals surface area contributed by atoms with Gasteiger partial charge in [-0.15, -0.1) is 0 Å². The largest absolute Gasteiger partial charge is 0.466 e. The van der Waals surface area contributed by atoms with Gasteiger partial charge in [-0.05, 0) is 31.2 Å². The topological polar surface area (TPSA) is 63.6 Å². The Morgan fingerprint density at radius 1 is 1.31 bits per heavy atom. The number of amidine groups is 1. The first kappa shape index (κ1) is 18.0. The number of halogens is 3. The van der Waals surface area contributed by atoms with E-state index in [0.717, 1.165) is 6.07 Å². The number of hydrogen-bond acceptors (Lipinski definition) is 5. The first-order chi connectivity index (χ1) is 12.4. The average Bonchev–Trinajstić information content (AvgIpc) is 2.61. The number of rotatable bonds is 3. The van der Waals surface area contributed by atoms with Crippen LogP contribution in [0.4, 0.5) is 8.78 Å². The molecule has 1 aromatic carbocycles. The van der Waals surface area contributed by atoms with Crippen LogP contribution in [0.25, 0.3) is 0 Å². The quantitative estimate of drug-likeness (QED) is 0.831. The van der Waals surface area contributed by atoms with Crippen molar-refractivity contribution in [2.24, 2.45) is 4.99 Å². The summed E-state index contributed by atoms with van der Waals surface area (Å²) in [6.45, 7) is 1.63. The van der Waals surface area contributed by atoms with Crippen molar-refractivity contribution < 1.29 is 18.3 Å². The molecule has 2 heterocycles. The summed E-state index contributed by atoms with van der Waals surface area (Å²) >= 11 is 6.15. The molecular formula is C18H14ClF2N3O2. The van der Waals surface area contributed by atoms with Crippen molar-refractivity contribution in [2.75, 3.05) is 7.11 Å². The van der Waals surface area contributed by atoms with E-state index >= 15 is 0 Å². The fraction of sp³-hybridized carbons (Fsp3) is 0.167. The van der Waals surface area contributed by atoms with E-state index in [9.17, 15) is 13.6 Å². The summed E-state index contributed by atoms with van der Waals surface area (Å²) in [7, 11) is 1.24. The van der Waals surface area contributed by atoms with Crippen molar-refractivity contribution in [3.05, 3.63) is 75.7 Å². The lowest BCUT2D eigenvalue weighted by atomic mass is 9.95. The van der Waals surface area contributed by atoms with E-state index in [1.165, 1.54) is 37.6 Å². The van der Waals surface area contributed by atoms with Crippen LogP contribution in [-0.4, -0.2) is 23.9 Å². The van der Waals surface area contributed by atoms with E-state index < -0.39 is 23.6 Å². The van der Waals surface area contributed by atoms with E-state index in [-0.39, 0.29) is 22.1 Å². The summed E-state index contributed by atoms with van der Waals surface area (Å²) in [5, 5.41) is 2.97. The maximum absolute atomic E-state index is 14.1. The fourth-order valence-corrected chi connectivity index (χ4v) is 2.95. The zero-order valence-corrected chi connectivity index (χ0v) is 14.6. The third kappa shape index (κ3) is 3.30. The highest BCUT2D eigenvalue weighted by molar-refractivity contribution is 6.31. The normalized spacial score (nSPS) is 16.8. The summed E-state index contributed by atoms with van der Waals surface area (Å²) in [4.78, 5) is 20.7. The van der Waals surface area contributed by atoms with Crippen molar-refractivity contribution in [1.82, 2.24) is 10.3 Å². The lowest BCUT2D eigenvalue weighted by Crippen LogP contribution is -2.33. The summed E-state index contributed by atoms with van der Waals surface area (Å²) in [6.07, 6.45) is 1.43. The minimum absolute atomic E-state index is 0.000926. The molecular weight excluding hydrogens is 364 g/mol. The van der Waals surface area contributed by atoms with Gasteiger partial charge in [0.25, 0.3) is 0 Å². The van der Waals surface area contributed by atoms with Crippen LogP contribution in [0.5, 0.6) is 0 Å². The second-order valence-electron chi connectivity index (χ2n) is 5.54. The van der Waals surface area contributed by atoms with Crippen molar-refractivity contribution >= 4 is 23.4 Å². The molecule has 1 aromatic heterocycles. The maximum Gasteiger partial charge on any atom is 0.338 e. The number of aliphatic imine (C=N–C) groups is 1. The van der Waals surface area contributed by atoms with E-state index in [2.05, 4.69) is 15.3 Å². The van der Waals surface area contributed by atoms with Gasteiger partial charge in [0, 0.05) is 22.5 Å². The van der Waals surface area contributed by atoms with E-state index in [1.807, 2.05) is 0 Å². The second kappa shape index (κ2) is 7.21. The van der Waals surface area contributed by atoms with Gasteiger partial charge in [0.1, 0.15) is 17.6 Å². The summed E-state index contributed by atoms with van der Waals surface area (Å²) in [5.41, 5.74) is 1.00. The molecule has 134 valence electrons. The van der Waals surface area contributed by atoms with Crippen LogP contribution >= 0.6 is 11.6 Å². The molecule has 5 nitrogen and oxygen atoms in total. The van der Waals surface area contributed by atoms with Crippen LogP contribution in [0, 0.1) is 11.6 Å². The molecule has 0 fully saturated rings. The highest BCUT2D eigenvalue weighted by Crippen LogP contribution is 2.36. The highest BCUT2D eigenvalue weighted by Gasteiger charge is 2.32. The van der Waals surface area contributed by atoms with Crippen LogP contribution in [0.3, 0.4) is 0 Å². The summed E-state index contributed by atoms with van der Waals surface area (Å²) in [5.74, 6) is -1.58. The monoisotopic (exact) mass is 377 g/mol. The van der Waals surface area contributed by atoms with Crippen LogP contribution in [0.1, 0.15) is 24.2 Å². The third-order valence-electron chi connectivity index (χ3n) is 3.89. The molecule has 1 N–H and O–H groups in total. The Morgan fingerprint density at radius 3 is 2.73 bits per heavy atom. The van der Waals surface area contributed by atoms with Gasteiger partial charge in [-0.1, -0.05) is 17.7 Å². The Morgan fingerprint density at radius 2 is 2.08 bits per heavy atom. The molecule has 0 radical (unpaired) electrons. The number of carbonyl (C=O) groups excluding carboxylic acids is 1. The molecule has 0 saturated carbocycles. The van der Waals surface area contributed by atoms with Crippen molar-refractivity contribution in [3.8, 4) is 0 Å². The van der Waals surface area contributed by atoms with Gasteiger partial charge in [-0.3, -0.25) is 4.99 Å². The molecule has 0 unspecified atom stereocenters. The highest BCUT2D eigenvalue weighted by atomic mass is 35.5. The smallest absolute Gasteiger partial charge is 0.338 e. The fourth-order valence-electron chi connectivity index (χ4n) is 2.68. The first-order valence-corrected chi connectivity index (χ1v) is 8.00. The molecule has 0 aliphatic carbocycles. The standard InChI is InChI=1S/C18H14ClF2N3O2/c1-9-14(18(25)26-2)15(11-6-5-10(20)8-12(11)19)24-17(23-9)16-13(21)4-3-7-22-16/h3-8,15H,1-2H3,(H,23,24)/t15-/m1/s1. The molecule has 26 heavy (non-hydrogen) atoms. The number of ether oxygens (including phenoxy) is 1. The van der Waals surface area contributed by atoms with Gasteiger partial charge in [0.05, 0.1) is 12.7 Å². The minimum atomic E-state index is -0.895. The molecule has 1 atom stereocenters. The number of pyridine rings is 1. The molecule has 2 aromatic rings. The number of benzene rings is 1. The third-order valence-corrected chi connectivity index (χ3v) is 4.21. The lowest BCUT2D eigenvalue weighted by Gasteiger charge is -2.26. The number of allylic oxidation sites excluding steroid dienone is 1. The number of aromatic nitrogens is 1. The van der Waals surface area contributed by atoms with Gasteiger partial charge >= 0.3 is 5.97 Å². The number of nitrogens with zero attached hydrogens (tertiary/aromatic N) is 2. The summed E-state index contributed by atoms with van der Waals surface area (Å²) in [6, 6.07) is 5.58. The van der Waals surface area contributed by atoms with Crippen LogP contribution in [-0.2, 0) is 9.53 Å². The van der Waals surface area contributed by atoms with Gasteiger partial charge < -0.3 is 10.1 Å². The molecule has 8 heteroatoms. The molecule has 0 saturated heterocycles. The Labute approximate surface area is 153 Å². The molecule has 0 amide bonds. The lowest BCUT2D eigenvalue weighted by molar-refractivity contribution is -0.136. The minimum Gasteiger partial charge on any atom is -0.466 e. The predicted molar refractivity (Wildman–Crippen MR) is 92.7 cm³/mol. The Bertz CT molecular complexity index is 944. The molecule has 1 aliphatic heterocycles. The van der Waals surface area contributed by atoms with Crippen molar-refractivity contribution in [2.45, 2.75) is 13.0 Å². The zero-order chi connectivity index (χ0) is 18.8. The van der Waals surface area contributed by atoms with Crippen LogP contribution in [0.15, 0.2) is 52.8 Å². The predicted octanol–water partition coefficient (Wildman–Crippen LogP) is 3.55. The second-order valence-corrected chi connectivity index (χ2v) is 5.94. The Kier molecular flexibility index (Phi) is 4.99. The number of methoxy groups -OCH3 is 1. The number of nitrogens with one attached hydrogen (secondary N) is 1. The Hall–Kier alpha value is -2.80. The van der Waals surface area contributed by atoms with Crippen molar-refractivity contribution in [1.29, 1.82) is 0 Å². The molecule has 1 aliphatic rings. The van der Waals surface area contributed by atoms with Gasteiger partial charge in [-0.25, -0.2) is 18.6 Å². The first-order valence-electron chi connectivity index (χ1n) is 7.62. The number of carbonyl (C=O) groups is 1. The van der Waals surface area contributed by atoms with Gasteiger partial charge in [-0.2, -0.15) is 0 Å². The van der Waals surface area contributed by atoms with E-state index in [4.69, 9.17) is 16.3 Å². The molecule has 3 rings (SSSR count). The van der Waals surface area contributed by atoms with Gasteiger partial charge in [0.2, 0.25) is 0 Å². The number of esters is 1. The average molecular weight is 378 g/mol. The zero-order valence-electron chi connectivity index (χ0n) is 13.9. The summed E-state index contributed by atoms with van der Waals surface area (Å²) < 4.78 is 32.4. The van der Waals surface area contributed by atoms with Crippen molar-refractivity contribution in [3.63, 3.8) is 0 Å². The Balaban J connectivity index is 2.17. The van der Waals surface area contributed by atoms with E-state index in [1.54, 1.807) is 6.92 Å². The van der Waals surface area contributed by atoms with Crippen LogP contribution in [0.2, 0.25) is 5.02 Å². The van der Waals surface area contributed by atoms with E-state index in [0.29, 0.717) is 11.3 Å².